The van der Waals surface area contributed by atoms with Crippen molar-refractivity contribution in [3.63, 3.8) is 0 Å². The van der Waals surface area contributed by atoms with Gasteiger partial charge in [-0.15, -0.1) is 0 Å². The van der Waals surface area contributed by atoms with E-state index in [1.807, 2.05) is 4.90 Å². The van der Waals surface area contributed by atoms with Gasteiger partial charge in [-0.3, -0.25) is 9.69 Å². The van der Waals surface area contributed by atoms with Gasteiger partial charge in [-0.1, -0.05) is 15.9 Å². The lowest BCUT2D eigenvalue weighted by Crippen LogP contribution is -2.42. The molecule has 0 aliphatic carbocycles. The second-order valence-corrected chi connectivity index (χ2v) is 5.48. The number of benzene rings is 1. The van der Waals surface area contributed by atoms with Crippen LogP contribution in [0.4, 0.5) is 4.39 Å². The standard InChI is InChI=1S/C13H15BrFNO3/c14-10-1-2-12(15)9(5-10)7-16-3-4-19-11(8-16)6-13(17)18/h1-2,5,11H,3-4,6-8H2,(H,17,18). The highest BCUT2D eigenvalue weighted by atomic mass is 79.9. The summed E-state index contributed by atoms with van der Waals surface area (Å²) in [6.45, 7) is 2.14. The molecular formula is C13H15BrFNO3. The van der Waals surface area contributed by atoms with E-state index >= 15 is 0 Å². The van der Waals surface area contributed by atoms with Gasteiger partial charge in [-0.05, 0) is 18.2 Å². The molecule has 1 aliphatic heterocycles. The minimum atomic E-state index is -0.875. The zero-order chi connectivity index (χ0) is 13.8. The maximum atomic E-state index is 13.7. The van der Waals surface area contributed by atoms with E-state index in [9.17, 15) is 9.18 Å². The summed E-state index contributed by atoms with van der Waals surface area (Å²) < 4.78 is 19.9. The molecule has 6 heteroatoms. The van der Waals surface area contributed by atoms with Crippen molar-refractivity contribution in [1.82, 2.24) is 4.90 Å². The maximum Gasteiger partial charge on any atom is 0.306 e. The number of hydrogen-bond donors (Lipinski definition) is 1. The first kappa shape index (κ1) is 14.4. The summed E-state index contributed by atoms with van der Waals surface area (Å²) in [6, 6.07) is 4.83. The van der Waals surface area contributed by atoms with Gasteiger partial charge in [-0.2, -0.15) is 0 Å². The average Bonchev–Trinajstić information content (AvgIpc) is 2.33. The van der Waals surface area contributed by atoms with Gasteiger partial charge < -0.3 is 9.84 Å². The topological polar surface area (TPSA) is 49.8 Å². The van der Waals surface area contributed by atoms with Gasteiger partial charge in [0.1, 0.15) is 5.82 Å². The molecule has 1 unspecified atom stereocenters. The van der Waals surface area contributed by atoms with Gasteiger partial charge in [0.25, 0.3) is 0 Å². The number of carboxylic acid groups (broad SMARTS) is 1. The first-order chi connectivity index (χ1) is 9.04. The van der Waals surface area contributed by atoms with Crippen LogP contribution in [0.25, 0.3) is 0 Å². The van der Waals surface area contributed by atoms with Crippen molar-refractivity contribution in [3.8, 4) is 0 Å². The lowest BCUT2D eigenvalue weighted by molar-refractivity contribution is -0.142. The highest BCUT2D eigenvalue weighted by Gasteiger charge is 2.23. The van der Waals surface area contributed by atoms with Gasteiger partial charge >= 0.3 is 5.97 Å². The molecule has 1 fully saturated rings. The van der Waals surface area contributed by atoms with E-state index in [4.69, 9.17) is 9.84 Å². The molecule has 0 bridgehead atoms. The van der Waals surface area contributed by atoms with E-state index in [2.05, 4.69) is 15.9 Å². The molecule has 4 nitrogen and oxygen atoms in total. The van der Waals surface area contributed by atoms with E-state index in [1.165, 1.54) is 6.07 Å². The van der Waals surface area contributed by atoms with Crippen molar-refractivity contribution in [3.05, 3.63) is 34.1 Å². The lowest BCUT2D eigenvalue weighted by atomic mass is 10.1. The number of aliphatic carboxylic acids is 1. The number of morpholine rings is 1. The Morgan fingerprint density at radius 3 is 3.11 bits per heavy atom. The average molecular weight is 332 g/mol. The predicted octanol–water partition coefficient (Wildman–Crippen LogP) is 2.26. The third-order valence-electron chi connectivity index (χ3n) is 3.03. The third-order valence-corrected chi connectivity index (χ3v) is 3.52. The second-order valence-electron chi connectivity index (χ2n) is 4.56. The molecule has 1 N–H and O–H groups in total. The Hall–Kier alpha value is -0.980. The molecule has 19 heavy (non-hydrogen) atoms. The molecule has 0 radical (unpaired) electrons. The van der Waals surface area contributed by atoms with Crippen LogP contribution in [0.3, 0.4) is 0 Å². The number of hydrogen-bond acceptors (Lipinski definition) is 3. The summed E-state index contributed by atoms with van der Waals surface area (Å²) in [6.07, 6.45) is -0.334. The van der Waals surface area contributed by atoms with Crippen molar-refractivity contribution in [2.75, 3.05) is 19.7 Å². The Morgan fingerprint density at radius 2 is 2.37 bits per heavy atom. The maximum absolute atomic E-state index is 13.7. The summed E-state index contributed by atoms with van der Waals surface area (Å²) >= 11 is 3.32. The van der Waals surface area contributed by atoms with Crippen LogP contribution in [-0.2, 0) is 16.1 Å². The van der Waals surface area contributed by atoms with Gasteiger partial charge in [0.2, 0.25) is 0 Å². The van der Waals surface area contributed by atoms with Crippen LogP contribution in [-0.4, -0.2) is 41.8 Å². The van der Waals surface area contributed by atoms with Crippen molar-refractivity contribution in [2.45, 2.75) is 19.1 Å². The van der Waals surface area contributed by atoms with E-state index in [1.54, 1.807) is 12.1 Å². The Balaban J connectivity index is 1.98. The molecule has 104 valence electrons. The Bertz CT molecular complexity index is 469. The number of nitrogens with zero attached hydrogens (tertiary/aromatic N) is 1. The monoisotopic (exact) mass is 331 g/mol. The third kappa shape index (κ3) is 4.26. The second kappa shape index (κ2) is 6.45. The van der Waals surface area contributed by atoms with E-state index in [0.717, 1.165) is 4.47 Å². The van der Waals surface area contributed by atoms with Crippen molar-refractivity contribution in [1.29, 1.82) is 0 Å². The van der Waals surface area contributed by atoms with Crippen LogP contribution in [0.15, 0.2) is 22.7 Å². The minimum absolute atomic E-state index is 0.0164. The minimum Gasteiger partial charge on any atom is -0.481 e. The fraction of sp³-hybridized carbons (Fsp3) is 0.462. The molecule has 0 spiro atoms. The van der Waals surface area contributed by atoms with Gasteiger partial charge in [0, 0.05) is 29.7 Å². The molecular weight excluding hydrogens is 317 g/mol. The first-order valence-corrected chi connectivity index (χ1v) is 6.83. The van der Waals surface area contributed by atoms with Crippen LogP contribution in [0.1, 0.15) is 12.0 Å². The zero-order valence-electron chi connectivity index (χ0n) is 10.3. The molecule has 2 rings (SSSR count). The highest BCUT2D eigenvalue weighted by molar-refractivity contribution is 9.10. The molecule has 0 aromatic heterocycles. The van der Waals surface area contributed by atoms with E-state index < -0.39 is 5.97 Å². The summed E-state index contributed by atoms with van der Waals surface area (Å²) in [4.78, 5) is 12.7. The fourth-order valence-electron chi connectivity index (χ4n) is 2.15. The van der Waals surface area contributed by atoms with E-state index in [-0.39, 0.29) is 18.3 Å². The number of rotatable bonds is 4. The smallest absolute Gasteiger partial charge is 0.306 e. The summed E-state index contributed by atoms with van der Waals surface area (Å²) in [5.41, 5.74) is 0.602. The summed E-state index contributed by atoms with van der Waals surface area (Å²) in [5.74, 6) is -1.12. The summed E-state index contributed by atoms with van der Waals surface area (Å²) in [7, 11) is 0. The number of ether oxygens (including phenoxy) is 1. The van der Waals surface area contributed by atoms with Crippen molar-refractivity contribution in [2.24, 2.45) is 0 Å². The molecule has 0 saturated carbocycles. The van der Waals surface area contributed by atoms with Gasteiger partial charge in [0.05, 0.1) is 19.1 Å². The van der Waals surface area contributed by atoms with Crippen molar-refractivity contribution < 1.29 is 19.0 Å². The van der Waals surface area contributed by atoms with Crippen LogP contribution in [0, 0.1) is 5.82 Å². The molecule has 1 aliphatic rings. The van der Waals surface area contributed by atoms with E-state index in [0.29, 0.717) is 31.8 Å². The molecule has 1 atom stereocenters. The number of halogens is 2. The highest BCUT2D eigenvalue weighted by Crippen LogP contribution is 2.19. The SMILES string of the molecule is O=C(O)CC1CN(Cc2cc(Br)ccc2F)CCO1. The Morgan fingerprint density at radius 1 is 1.58 bits per heavy atom. The van der Waals surface area contributed by atoms with Crippen LogP contribution in [0.5, 0.6) is 0 Å². The van der Waals surface area contributed by atoms with Crippen LogP contribution < -0.4 is 0 Å². The Labute approximate surface area is 119 Å². The molecule has 1 aromatic carbocycles. The first-order valence-electron chi connectivity index (χ1n) is 6.04. The quantitative estimate of drug-likeness (QED) is 0.919. The molecule has 1 heterocycles. The molecule has 0 amide bonds. The zero-order valence-corrected chi connectivity index (χ0v) is 11.9. The van der Waals surface area contributed by atoms with Crippen molar-refractivity contribution >= 4 is 21.9 Å². The Kier molecular flexibility index (Phi) is 4.90. The van der Waals surface area contributed by atoms with Gasteiger partial charge in [0.15, 0.2) is 0 Å². The largest absolute Gasteiger partial charge is 0.481 e. The predicted molar refractivity (Wildman–Crippen MR) is 71.4 cm³/mol. The van der Waals surface area contributed by atoms with Crippen LogP contribution >= 0.6 is 15.9 Å². The molecule has 1 aromatic rings. The van der Waals surface area contributed by atoms with Crippen LogP contribution in [0.2, 0.25) is 0 Å². The number of carbonyl (C=O) groups is 1. The lowest BCUT2D eigenvalue weighted by Gasteiger charge is -2.32. The fourth-order valence-corrected chi connectivity index (χ4v) is 2.56. The normalized spacial score (nSPS) is 20.4. The summed E-state index contributed by atoms with van der Waals surface area (Å²) in [5, 5.41) is 8.76. The van der Waals surface area contributed by atoms with Gasteiger partial charge in [-0.25, -0.2) is 4.39 Å². The number of carboxylic acids is 1. The molecule has 1 saturated heterocycles.